The molecule has 1 atom stereocenters. The third-order valence-corrected chi connectivity index (χ3v) is 4.36. The molecule has 2 rings (SSSR count). The van der Waals surface area contributed by atoms with Crippen LogP contribution in [0.1, 0.15) is 35.4 Å². The highest BCUT2D eigenvalue weighted by Crippen LogP contribution is 2.32. The average Bonchev–Trinajstić information content (AvgIpc) is 2.47. The van der Waals surface area contributed by atoms with E-state index in [2.05, 4.69) is 66.2 Å². The number of halogens is 1. The van der Waals surface area contributed by atoms with Gasteiger partial charge in [-0.2, -0.15) is 0 Å². The van der Waals surface area contributed by atoms with Gasteiger partial charge in [0.25, 0.3) is 0 Å². The van der Waals surface area contributed by atoms with Crippen LogP contribution in [-0.2, 0) is 6.42 Å². The Kier molecular flexibility index (Phi) is 5.24. The van der Waals surface area contributed by atoms with Gasteiger partial charge in [0.05, 0.1) is 11.9 Å². The van der Waals surface area contributed by atoms with Crippen molar-refractivity contribution in [1.29, 1.82) is 0 Å². The Hall–Kier alpha value is -1.28. The van der Waals surface area contributed by atoms with Crippen molar-refractivity contribution < 1.29 is 4.74 Å². The fourth-order valence-corrected chi connectivity index (χ4v) is 2.88. The first-order valence-electron chi connectivity index (χ1n) is 6.97. The lowest BCUT2D eigenvalue weighted by molar-refractivity contribution is 0.414. The smallest absolute Gasteiger partial charge is 0.119 e. The molecule has 0 amide bonds. The first-order chi connectivity index (χ1) is 9.60. The third-order valence-electron chi connectivity index (χ3n) is 3.30. The lowest BCUT2D eigenvalue weighted by atomic mass is 9.99. The number of rotatable bonds is 5. The van der Waals surface area contributed by atoms with Crippen molar-refractivity contribution >= 4 is 15.9 Å². The number of hydrogen-bond donors (Lipinski definition) is 0. The van der Waals surface area contributed by atoms with Crippen LogP contribution in [0.2, 0.25) is 0 Å². The molecule has 0 saturated carbocycles. The minimum atomic E-state index is 0.200. The second-order valence-corrected chi connectivity index (χ2v) is 6.39. The lowest BCUT2D eigenvalue weighted by Crippen LogP contribution is -1.96. The molecule has 0 spiro atoms. The van der Waals surface area contributed by atoms with Crippen molar-refractivity contribution in [3.05, 3.63) is 65.2 Å². The molecule has 2 aromatic carbocycles. The van der Waals surface area contributed by atoms with E-state index < -0.39 is 0 Å². The topological polar surface area (TPSA) is 9.23 Å². The Bertz CT molecular complexity index is 546. The minimum absolute atomic E-state index is 0.200. The Morgan fingerprint density at radius 2 is 1.70 bits per heavy atom. The predicted octanol–water partition coefficient (Wildman–Crippen LogP) is 5.38. The summed E-state index contributed by atoms with van der Waals surface area (Å²) < 4.78 is 5.28. The van der Waals surface area contributed by atoms with Gasteiger partial charge in [-0.15, -0.1) is 0 Å². The van der Waals surface area contributed by atoms with E-state index in [-0.39, 0.29) is 4.83 Å². The van der Waals surface area contributed by atoms with Gasteiger partial charge < -0.3 is 4.74 Å². The van der Waals surface area contributed by atoms with E-state index in [9.17, 15) is 0 Å². The third kappa shape index (κ3) is 3.86. The molecule has 0 aliphatic carbocycles. The molecular weight excluding hydrogens is 312 g/mol. The van der Waals surface area contributed by atoms with Crippen LogP contribution in [0.15, 0.2) is 48.5 Å². The van der Waals surface area contributed by atoms with Gasteiger partial charge >= 0.3 is 0 Å². The van der Waals surface area contributed by atoms with E-state index in [4.69, 9.17) is 4.74 Å². The summed E-state index contributed by atoms with van der Waals surface area (Å²) in [6.07, 6.45) is 1.13. The van der Waals surface area contributed by atoms with E-state index in [1.54, 1.807) is 7.11 Å². The zero-order valence-electron chi connectivity index (χ0n) is 12.3. The zero-order chi connectivity index (χ0) is 14.5. The monoisotopic (exact) mass is 332 g/mol. The summed E-state index contributed by atoms with van der Waals surface area (Å²) >= 11 is 3.78. The summed E-state index contributed by atoms with van der Waals surface area (Å²) in [7, 11) is 1.70. The molecule has 1 nitrogen and oxygen atoms in total. The highest BCUT2D eigenvalue weighted by molar-refractivity contribution is 9.09. The molecule has 0 bridgehead atoms. The average molecular weight is 333 g/mol. The van der Waals surface area contributed by atoms with Crippen molar-refractivity contribution in [3.63, 3.8) is 0 Å². The Labute approximate surface area is 130 Å². The maximum atomic E-state index is 5.28. The molecule has 0 saturated heterocycles. The largest absolute Gasteiger partial charge is 0.497 e. The van der Waals surface area contributed by atoms with Gasteiger partial charge in [-0.3, -0.25) is 0 Å². The summed E-state index contributed by atoms with van der Waals surface area (Å²) in [6.45, 7) is 4.49. The van der Waals surface area contributed by atoms with Crippen LogP contribution in [0.25, 0.3) is 0 Å². The Morgan fingerprint density at radius 1 is 1.00 bits per heavy atom. The summed E-state index contributed by atoms with van der Waals surface area (Å²) in [5, 5.41) is 0. The molecule has 106 valence electrons. The van der Waals surface area contributed by atoms with Crippen molar-refractivity contribution in [2.75, 3.05) is 7.11 Å². The van der Waals surface area contributed by atoms with Gasteiger partial charge in [0.2, 0.25) is 0 Å². The van der Waals surface area contributed by atoms with Crippen LogP contribution in [0, 0.1) is 5.92 Å². The van der Waals surface area contributed by atoms with E-state index in [1.807, 2.05) is 12.1 Å². The van der Waals surface area contributed by atoms with Crippen molar-refractivity contribution in [3.8, 4) is 5.75 Å². The van der Waals surface area contributed by atoms with Crippen LogP contribution in [0.5, 0.6) is 5.75 Å². The molecule has 0 aromatic heterocycles. The molecule has 0 heterocycles. The Morgan fingerprint density at radius 3 is 2.30 bits per heavy atom. The van der Waals surface area contributed by atoms with E-state index in [0.29, 0.717) is 5.92 Å². The van der Waals surface area contributed by atoms with Gasteiger partial charge in [0.15, 0.2) is 0 Å². The van der Waals surface area contributed by atoms with Crippen LogP contribution < -0.4 is 4.74 Å². The fourth-order valence-electron chi connectivity index (χ4n) is 2.29. The first kappa shape index (κ1) is 15.1. The van der Waals surface area contributed by atoms with E-state index in [1.165, 1.54) is 16.7 Å². The van der Waals surface area contributed by atoms with Crippen molar-refractivity contribution in [2.24, 2.45) is 5.92 Å². The second-order valence-electron chi connectivity index (χ2n) is 5.48. The quantitative estimate of drug-likeness (QED) is 0.668. The molecule has 0 N–H and O–H groups in total. The standard InChI is InChI=1S/C18H21BrO/c1-13(2)11-14-7-9-15(10-8-14)18(19)16-5-4-6-17(12-16)20-3/h4-10,12-13,18H,11H2,1-3H3. The second kappa shape index (κ2) is 6.94. The van der Waals surface area contributed by atoms with E-state index >= 15 is 0 Å². The highest BCUT2D eigenvalue weighted by Gasteiger charge is 2.11. The molecule has 2 heteroatoms. The summed E-state index contributed by atoms with van der Waals surface area (Å²) in [5.41, 5.74) is 3.88. The predicted molar refractivity (Wildman–Crippen MR) is 88.7 cm³/mol. The Balaban J connectivity index is 2.17. The molecule has 0 aliphatic rings. The number of methoxy groups -OCH3 is 1. The fraction of sp³-hybridized carbons (Fsp3) is 0.333. The molecule has 1 unspecified atom stereocenters. The highest BCUT2D eigenvalue weighted by atomic mass is 79.9. The SMILES string of the molecule is COc1cccc(C(Br)c2ccc(CC(C)C)cc2)c1. The normalized spacial score (nSPS) is 12.4. The number of alkyl halides is 1. The van der Waals surface area contributed by atoms with Crippen LogP contribution in [-0.4, -0.2) is 7.11 Å². The molecule has 20 heavy (non-hydrogen) atoms. The molecule has 0 aliphatic heterocycles. The van der Waals surface area contributed by atoms with Gasteiger partial charge in [-0.25, -0.2) is 0 Å². The van der Waals surface area contributed by atoms with Gasteiger partial charge in [-0.1, -0.05) is 66.2 Å². The lowest BCUT2D eigenvalue weighted by Gasteiger charge is -2.13. The molecule has 0 radical (unpaired) electrons. The van der Waals surface area contributed by atoms with Crippen molar-refractivity contribution in [1.82, 2.24) is 0 Å². The minimum Gasteiger partial charge on any atom is -0.497 e. The van der Waals surface area contributed by atoms with E-state index in [0.717, 1.165) is 12.2 Å². The summed E-state index contributed by atoms with van der Waals surface area (Å²) in [6, 6.07) is 17.0. The van der Waals surface area contributed by atoms with Crippen molar-refractivity contribution in [2.45, 2.75) is 25.1 Å². The summed E-state index contributed by atoms with van der Waals surface area (Å²) in [5.74, 6) is 1.59. The maximum absolute atomic E-state index is 5.28. The van der Waals surface area contributed by atoms with Gasteiger partial charge in [0, 0.05) is 0 Å². The first-order valence-corrected chi connectivity index (χ1v) is 7.88. The summed E-state index contributed by atoms with van der Waals surface area (Å²) in [4.78, 5) is 0.200. The maximum Gasteiger partial charge on any atom is 0.119 e. The number of benzene rings is 2. The van der Waals surface area contributed by atoms with Crippen LogP contribution in [0.3, 0.4) is 0 Å². The molecule has 0 fully saturated rings. The van der Waals surface area contributed by atoms with Crippen LogP contribution in [0.4, 0.5) is 0 Å². The van der Waals surface area contributed by atoms with Crippen LogP contribution >= 0.6 is 15.9 Å². The zero-order valence-corrected chi connectivity index (χ0v) is 13.9. The van der Waals surface area contributed by atoms with Gasteiger partial charge in [0.1, 0.15) is 5.75 Å². The molecule has 2 aromatic rings. The number of ether oxygens (including phenoxy) is 1. The molecular formula is C18H21BrO. The number of hydrogen-bond acceptors (Lipinski definition) is 1. The van der Waals surface area contributed by atoms with Gasteiger partial charge in [-0.05, 0) is 41.2 Å².